The average Bonchev–Trinajstić information content (AvgIpc) is 2.97. The molecule has 0 spiro atoms. The molecule has 0 aliphatic heterocycles. The van der Waals surface area contributed by atoms with Crippen LogP contribution < -0.4 is 5.32 Å². The molecule has 0 unspecified atom stereocenters. The molecule has 0 radical (unpaired) electrons. The molecule has 23 heavy (non-hydrogen) atoms. The minimum Gasteiger partial charge on any atom is -0.305 e. The Hall–Kier alpha value is -2.11. The largest absolute Gasteiger partial charge is 0.305 e. The molecule has 116 valence electrons. The van der Waals surface area contributed by atoms with Crippen LogP contribution in [-0.4, -0.2) is 15.7 Å². The number of carbonyl (C=O) groups excluding carboxylic acids is 1. The molecule has 6 heteroatoms. The van der Waals surface area contributed by atoms with Crippen LogP contribution in [0.2, 0.25) is 5.02 Å². The molecular formula is C17H13BrClN3O. The van der Waals surface area contributed by atoms with Crippen LogP contribution in [-0.2, 0) is 6.54 Å². The molecule has 4 nitrogen and oxygen atoms in total. The fraction of sp³-hybridized carbons (Fsp3) is 0.0588. The molecular weight excluding hydrogens is 378 g/mol. The predicted octanol–water partition coefficient (Wildman–Crippen LogP) is 4.60. The lowest BCUT2D eigenvalue weighted by atomic mass is 10.2. The van der Waals surface area contributed by atoms with Crippen LogP contribution in [0, 0.1) is 0 Å². The molecule has 0 saturated heterocycles. The van der Waals surface area contributed by atoms with Gasteiger partial charge in [-0.05, 0) is 42.0 Å². The quantitative estimate of drug-likeness (QED) is 0.708. The number of halogens is 2. The molecule has 2 aromatic carbocycles. The first-order chi connectivity index (χ1) is 11.1. The molecule has 3 rings (SSSR count). The number of rotatable bonds is 4. The van der Waals surface area contributed by atoms with Crippen molar-refractivity contribution >= 4 is 39.3 Å². The number of aromatic nitrogens is 2. The molecule has 1 aromatic heterocycles. The predicted molar refractivity (Wildman–Crippen MR) is 94.9 cm³/mol. The van der Waals surface area contributed by atoms with Crippen LogP contribution in [0.1, 0.15) is 15.9 Å². The van der Waals surface area contributed by atoms with Crippen LogP contribution >= 0.6 is 27.5 Å². The summed E-state index contributed by atoms with van der Waals surface area (Å²) in [4.78, 5) is 12.1. The van der Waals surface area contributed by atoms with Crippen molar-refractivity contribution in [1.29, 1.82) is 0 Å². The first kappa shape index (κ1) is 15.8. The van der Waals surface area contributed by atoms with E-state index in [-0.39, 0.29) is 5.91 Å². The lowest BCUT2D eigenvalue weighted by Gasteiger charge is -2.03. The Morgan fingerprint density at radius 1 is 1.09 bits per heavy atom. The Kier molecular flexibility index (Phi) is 4.79. The maximum absolute atomic E-state index is 12.1. The van der Waals surface area contributed by atoms with Crippen molar-refractivity contribution in [2.75, 3.05) is 5.32 Å². The van der Waals surface area contributed by atoms with Gasteiger partial charge in [-0.3, -0.25) is 9.48 Å². The lowest BCUT2D eigenvalue weighted by Crippen LogP contribution is -2.12. The van der Waals surface area contributed by atoms with Crippen molar-refractivity contribution < 1.29 is 4.79 Å². The van der Waals surface area contributed by atoms with Gasteiger partial charge in [-0.15, -0.1) is 0 Å². The van der Waals surface area contributed by atoms with Gasteiger partial charge in [0.15, 0.2) is 5.82 Å². The van der Waals surface area contributed by atoms with E-state index in [1.54, 1.807) is 22.9 Å². The Bertz CT molecular complexity index is 813. The molecule has 1 N–H and O–H groups in total. The summed E-state index contributed by atoms with van der Waals surface area (Å²) in [6.45, 7) is 0.616. The molecule has 3 aromatic rings. The van der Waals surface area contributed by atoms with Gasteiger partial charge in [0.1, 0.15) is 0 Å². The fourth-order valence-electron chi connectivity index (χ4n) is 2.08. The third-order valence-corrected chi connectivity index (χ3v) is 4.03. The Labute approximate surface area is 147 Å². The van der Waals surface area contributed by atoms with E-state index in [9.17, 15) is 4.79 Å². The normalized spacial score (nSPS) is 10.5. The summed E-state index contributed by atoms with van der Waals surface area (Å²) in [5.41, 5.74) is 1.67. The SMILES string of the molecule is O=C(Nc1ccn(Cc2ccc(Cl)cc2)n1)c1ccc(Br)cc1. The van der Waals surface area contributed by atoms with E-state index in [1.807, 2.05) is 42.6 Å². The number of nitrogens with zero attached hydrogens (tertiary/aromatic N) is 2. The zero-order valence-corrected chi connectivity index (χ0v) is 14.4. The van der Waals surface area contributed by atoms with Gasteiger partial charge >= 0.3 is 0 Å². The highest BCUT2D eigenvalue weighted by molar-refractivity contribution is 9.10. The van der Waals surface area contributed by atoms with Crippen LogP contribution in [0.15, 0.2) is 65.3 Å². The zero-order chi connectivity index (χ0) is 16.2. The molecule has 0 atom stereocenters. The minimum atomic E-state index is -0.186. The number of hydrogen-bond donors (Lipinski definition) is 1. The molecule has 0 aliphatic rings. The van der Waals surface area contributed by atoms with E-state index in [2.05, 4.69) is 26.3 Å². The first-order valence-corrected chi connectivity index (χ1v) is 8.12. The smallest absolute Gasteiger partial charge is 0.256 e. The number of anilines is 1. The van der Waals surface area contributed by atoms with Gasteiger partial charge in [0, 0.05) is 27.3 Å². The number of hydrogen-bond acceptors (Lipinski definition) is 2. The highest BCUT2D eigenvalue weighted by Crippen LogP contribution is 2.14. The van der Waals surface area contributed by atoms with Gasteiger partial charge in [-0.2, -0.15) is 5.10 Å². The van der Waals surface area contributed by atoms with Crippen LogP contribution in [0.4, 0.5) is 5.82 Å². The summed E-state index contributed by atoms with van der Waals surface area (Å²) < 4.78 is 2.70. The second-order valence-corrected chi connectivity index (χ2v) is 6.34. The lowest BCUT2D eigenvalue weighted by molar-refractivity contribution is 0.102. The van der Waals surface area contributed by atoms with E-state index in [4.69, 9.17) is 11.6 Å². The monoisotopic (exact) mass is 389 g/mol. The highest BCUT2D eigenvalue weighted by atomic mass is 79.9. The van der Waals surface area contributed by atoms with Crippen molar-refractivity contribution in [2.45, 2.75) is 6.54 Å². The van der Waals surface area contributed by atoms with E-state index in [0.29, 0.717) is 22.9 Å². The first-order valence-electron chi connectivity index (χ1n) is 6.95. The van der Waals surface area contributed by atoms with E-state index >= 15 is 0 Å². The van der Waals surface area contributed by atoms with Crippen molar-refractivity contribution in [3.05, 3.63) is 81.4 Å². The van der Waals surface area contributed by atoms with Gasteiger partial charge in [0.2, 0.25) is 0 Å². The van der Waals surface area contributed by atoms with Gasteiger partial charge in [0.25, 0.3) is 5.91 Å². The number of benzene rings is 2. The van der Waals surface area contributed by atoms with E-state index in [0.717, 1.165) is 10.0 Å². The summed E-state index contributed by atoms with van der Waals surface area (Å²) in [7, 11) is 0. The van der Waals surface area contributed by atoms with Gasteiger partial charge in [-0.1, -0.05) is 39.7 Å². The van der Waals surface area contributed by atoms with Crippen LogP contribution in [0.5, 0.6) is 0 Å². The molecule has 1 heterocycles. The Morgan fingerprint density at radius 2 is 1.78 bits per heavy atom. The number of nitrogens with one attached hydrogen (secondary N) is 1. The molecule has 0 bridgehead atoms. The summed E-state index contributed by atoms with van der Waals surface area (Å²) in [5, 5.41) is 7.84. The molecule has 0 fully saturated rings. The van der Waals surface area contributed by atoms with Crippen LogP contribution in [0.3, 0.4) is 0 Å². The van der Waals surface area contributed by atoms with Crippen molar-refractivity contribution in [3.8, 4) is 0 Å². The second kappa shape index (κ2) is 6.98. The van der Waals surface area contributed by atoms with Crippen molar-refractivity contribution in [2.24, 2.45) is 0 Å². The van der Waals surface area contributed by atoms with Gasteiger partial charge in [-0.25, -0.2) is 0 Å². The summed E-state index contributed by atoms with van der Waals surface area (Å²) in [6.07, 6.45) is 1.83. The second-order valence-electron chi connectivity index (χ2n) is 4.99. The highest BCUT2D eigenvalue weighted by Gasteiger charge is 2.08. The maximum Gasteiger partial charge on any atom is 0.256 e. The molecule has 0 aliphatic carbocycles. The third-order valence-electron chi connectivity index (χ3n) is 3.25. The van der Waals surface area contributed by atoms with Crippen molar-refractivity contribution in [3.63, 3.8) is 0 Å². The summed E-state index contributed by atoms with van der Waals surface area (Å²) in [5.74, 6) is 0.334. The topological polar surface area (TPSA) is 46.9 Å². The summed E-state index contributed by atoms with van der Waals surface area (Å²) in [6, 6.07) is 16.5. The number of amides is 1. The molecule has 0 saturated carbocycles. The standard InChI is InChI=1S/C17H13BrClN3O/c18-14-5-3-13(4-6-14)17(23)20-16-9-10-22(21-16)11-12-1-7-15(19)8-2-12/h1-10H,11H2,(H,20,21,23). The summed E-state index contributed by atoms with van der Waals surface area (Å²) >= 11 is 9.22. The Balaban J connectivity index is 1.66. The minimum absolute atomic E-state index is 0.186. The van der Waals surface area contributed by atoms with Gasteiger partial charge < -0.3 is 5.32 Å². The molecule has 1 amide bonds. The third kappa shape index (κ3) is 4.21. The zero-order valence-electron chi connectivity index (χ0n) is 12.0. The number of carbonyl (C=O) groups is 1. The maximum atomic E-state index is 12.1. The van der Waals surface area contributed by atoms with Gasteiger partial charge in [0.05, 0.1) is 6.54 Å². The van der Waals surface area contributed by atoms with E-state index in [1.165, 1.54) is 0 Å². The van der Waals surface area contributed by atoms with E-state index < -0.39 is 0 Å². The fourth-order valence-corrected chi connectivity index (χ4v) is 2.47. The van der Waals surface area contributed by atoms with Crippen LogP contribution in [0.25, 0.3) is 0 Å². The average molecular weight is 391 g/mol. The van der Waals surface area contributed by atoms with Crippen molar-refractivity contribution in [1.82, 2.24) is 9.78 Å². The Morgan fingerprint density at radius 3 is 2.48 bits per heavy atom.